The minimum absolute atomic E-state index is 0.0453. The number of halogens is 1. The number of amides is 1. The Kier molecular flexibility index (Phi) is 5.33. The molecule has 0 atom stereocenters. The zero-order chi connectivity index (χ0) is 23.1. The number of hydrogen-bond donors (Lipinski definition) is 3. The van der Waals surface area contributed by atoms with Crippen LogP contribution in [0.1, 0.15) is 12.0 Å². The van der Waals surface area contributed by atoms with Crippen molar-refractivity contribution in [3.8, 4) is 11.4 Å². The number of nitrogens with two attached hydrogens (primary N) is 1. The molecule has 1 aliphatic heterocycles. The first-order chi connectivity index (χ1) is 15.9. The summed E-state index contributed by atoms with van der Waals surface area (Å²) in [5.41, 5.74) is 8.62. The molecule has 2 aromatic heterocycles. The summed E-state index contributed by atoms with van der Waals surface area (Å²) < 4.78 is 14.4. The number of likely N-dealkylation sites (N-methyl/N-ethyl adjacent to an activating group) is 1. The average Bonchev–Trinajstić information content (AvgIpc) is 3.20. The number of anilines is 1. The highest BCUT2D eigenvalue weighted by molar-refractivity contribution is 5.98. The third-order valence-corrected chi connectivity index (χ3v) is 6.29. The highest BCUT2D eigenvalue weighted by atomic mass is 19.1. The molecule has 2 aromatic carbocycles. The number of piperazine rings is 1. The molecule has 33 heavy (non-hydrogen) atoms. The average molecular weight is 449 g/mol. The van der Waals surface area contributed by atoms with Crippen LogP contribution in [0, 0.1) is 5.82 Å². The van der Waals surface area contributed by atoms with E-state index < -0.39 is 11.4 Å². The van der Waals surface area contributed by atoms with Crippen molar-refractivity contribution in [2.45, 2.75) is 12.8 Å². The molecule has 4 N–H and O–H groups in total. The lowest BCUT2D eigenvalue weighted by atomic mass is 10.1. The van der Waals surface area contributed by atoms with E-state index in [0.29, 0.717) is 23.9 Å². The first-order valence-electron chi connectivity index (χ1n) is 11.0. The fraction of sp³-hybridized carbons (Fsp3) is 0.292. The van der Waals surface area contributed by atoms with E-state index >= 15 is 0 Å². The molecule has 9 heteroatoms. The minimum atomic E-state index is -0.508. The van der Waals surface area contributed by atoms with Crippen molar-refractivity contribution in [2.24, 2.45) is 0 Å². The number of nitrogen functional groups attached to an aromatic ring is 1. The van der Waals surface area contributed by atoms with Crippen molar-refractivity contribution in [1.29, 1.82) is 0 Å². The Morgan fingerprint density at radius 3 is 2.70 bits per heavy atom. The summed E-state index contributed by atoms with van der Waals surface area (Å²) in [6.45, 7) is 3.33. The third kappa shape index (κ3) is 3.95. The molecule has 1 aliphatic rings. The van der Waals surface area contributed by atoms with Gasteiger partial charge in [0.1, 0.15) is 17.2 Å². The molecule has 0 radical (unpaired) electrons. The van der Waals surface area contributed by atoms with Crippen LogP contribution in [-0.2, 0) is 11.2 Å². The molecular formula is C24H25FN6O2. The molecule has 170 valence electrons. The summed E-state index contributed by atoms with van der Waals surface area (Å²) in [6, 6.07) is 10.1. The molecule has 5 rings (SSSR count). The number of nitrogens with zero attached hydrogens (tertiary/aromatic N) is 3. The van der Waals surface area contributed by atoms with Gasteiger partial charge in [0.05, 0.1) is 27.6 Å². The molecule has 0 unspecified atom stereocenters. The number of pyridine rings is 1. The third-order valence-electron chi connectivity index (χ3n) is 6.29. The lowest BCUT2D eigenvalue weighted by Crippen LogP contribution is -2.47. The van der Waals surface area contributed by atoms with Crippen LogP contribution in [0.3, 0.4) is 0 Å². The Bertz CT molecular complexity index is 1420. The fourth-order valence-electron chi connectivity index (χ4n) is 4.37. The number of carbonyl (C=O) groups excluding carboxylic acids is 1. The van der Waals surface area contributed by atoms with E-state index in [1.807, 2.05) is 23.1 Å². The molecule has 0 bridgehead atoms. The minimum Gasteiger partial charge on any atom is -0.397 e. The number of imidazole rings is 1. The van der Waals surface area contributed by atoms with Crippen LogP contribution in [-0.4, -0.2) is 63.9 Å². The number of aromatic amines is 2. The summed E-state index contributed by atoms with van der Waals surface area (Å²) in [5, 5.41) is 0.163. The maximum Gasteiger partial charge on any atom is 0.261 e. The highest BCUT2D eigenvalue weighted by Crippen LogP contribution is 2.30. The molecule has 3 heterocycles. The van der Waals surface area contributed by atoms with Gasteiger partial charge in [0.25, 0.3) is 5.56 Å². The van der Waals surface area contributed by atoms with Gasteiger partial charge in [-0.1, -0.05) is 12.1 Å². The van der Waals surface area contributed by atoms with Crippen molar-refractivity contribution >= 4 is 33.5 Å². The second-order valence-corrected chi connectivity index (χ2v) is 8.53. The van der Waals surface area contributed by atoms with Crippen LogP contribution >= 0.6 is 0 Å². The fourth-order valence-corrected chi connectivity index (χ4v) is 4.37. The van der Waals surface area contributed by atoms with E-state index in [2.05, 4.69) is 26.9 Å². The topological polar surface area (TPSA) is 111 Å². The van der Waals surface area contributed by atoms with Crippen LogP contribution < -0.4 is 11.3 Å². The first kappa shape index (κ1) is 21.1. The lowest BCUT2D eigenvalue weighted by molar-refractivity contribution is -0.132. The van der Waals surface area contributed by atoms with Gasteiger partial charge in [0.15, 0.2) is 0 Å². The predicted octanol–water partition coefficient (Wildman–Crippen LogP) is 2.50. The smallest absolute Gasteiger partial charge is 0.261 e. The van der Waals surface area contributed by atoms with Crippen molar-refractivity contribution in [3.63, 3.8) is 0 Å². The molecule has 0 spiro atoms. The van der Waals surface area contributed by atoms with Gasteiger partial charge in [-0.15, -0.1) is 0 Å². The van der Waals surface area contributed by atoms with Gasteiger partial charge in [0, 0.05) is 32.6 Å². The Labute approximate surface area is 189 Å². The number of nitrogens with one attached hydrogen (secondary N) is 2. The van der Waals surface area contributed by atoms with E-state index in [-0.39, 0.29) is 28.4 Å². The number of hydrogen-bond acceptors (Lipinski definition) is 5. The SMILES string of the molecule is CN1CCN(C(=O)CCc2ccc3nc(-c4c(N)c5c(F)cccc5[nH]c4=O)[nH]c3c2)CC1. The quantitative estimate of drug-likeness (QED) is 0.444. The predicted molar refractivity (Wildman–Crippen MR) is 126 cm³/mol. The van der Waals surface area contributed by atoms with Crippen LogP contribution in [0.25, 0.3) is 33.3 Å². The maximum absolute atomic E-state index is 14.4. The number of fused-ring (bicyclic) bond motifs is 2. The van der Waals surface area contributed by atoms with E-state index in [1.165, 1.54) is 12.1 Å². The van der Waals surface area contributed by atoms with Gasteiger partial charge in [-0.25, -0.2) is 9.37 Å². The van der Waals surface area contributed by atoms with Gasteiger partial charge in [0.2, 0.25) is 5.91 Å². The lowest BCUT2D eigenvalue weighted by Gasteiger charge is -2.32. The zero-order valence-electron chi connectivity index (χ0n) is 18.3. The van der Waals surface area contributed by atoms with Crippen LogP contribution in [0.5, 0.6) is 0 Å². The number of H-pyrrole nitrogens is 2. The van der Waals surface area contributed by atoms with E-state index in [0.717, 1.165) is 37.3 Å². The number of rotatable bonds is 4. The summed E-state index contributed by atoms with van der Waals surface area (Å²) in [6.07, 6.45) is 1.05. The first-order valence-corrected chi connectivity index (χ1v) is 11.0. The van der Waals surface area contributed by atoms with Gasteiger partial charge in [-0.3, -0.25) is 9.59 Å². The second-order valence-electron chi connectivity index (χ2n) is 8.53. The van der Waals surface area contributed by atoms with Crippen LogP contribution in [0.4, 0.5) is 10.1 Å². The Morgan fingerprint density at radius 1 is 1.12 bits per heavy atom. The molecule has 8 nitrogen and oxygen atoms in total. The largest absolute Gasteiger partial charge is 0.397 e. The highest BCUT2D eigenvalue weighted by Gasteiger charge is 2.20. The maximum atomic E-state index is 14.4. The normalized spacial score (nSPS) is 14.9. The molecule has 1 saturated heterocycles. The standard InChI is InChI=1S/C24H25FN6O2/c1-30-9-11-31(12-10-30)19(32)8-6-14-5-7-16-18(13-14)28-23(27-16)21-22(26)20-15(25)3-2-4-17(20)29-24(21)33/h2-5,7,13H,6,8-12H2,1H3,(H,27,28)(H3,26,29,33). The number of aryl methyl sites for hydroxylation is 1. The Balaban J connectivity index is 1.41. The molecular weight excluding hydrogens is 423 g/mol. The Morgan fingerprint density at radius 2 is 1.91 bits per heavy atom. The van der Waals surface area contributed by atoms with E-state index in [9.17, 15) is 14.0 Å². The molecule has 4 aromatic rings. The van der Waals surface area contributed by atoms with Crippen molar-refractivity contribution in [3.05, 3.63) is 58.1 Å². The molecule has 0 saturated carbocycles. The van der Waals surface area contributed by atoms with Gasteiger partial charge in [-0.05, 0) is 43.3 Å². The number of aromatic nitrogens is 3. The molecule has 1 fully saturated rings. The summed E-state index contributed by atoms with van der Waals surface area (Å²) in [5.74, 6) is -0.0727. The number of benzene rings is 2. The summed E-state index contributed by atoms with van der Waals surface area (Å²) in [4.78, 5) is 39.7. The van der Waals surface area contributed by atoms with E-state index in [1.54, 1.807) is 6.07 Å². The van der Waals surface area contributed by atoms with Crippen molar-refractivity contribution < 1.29 is 9.18 Å². The monoisotopic (exact) mass is 448 g/mol. The van der Waals surface area contributed by atoms with Crippen molar-refractivity contribution in [1.82, 2.24) is 24.8 Å². The van der Waals surface area contributed by atoms with Crippen LogP contribution in [0.15, 0.2) is 41.2 Å². The summed E-state index contributed by atoms with van der Waals surface area (Å²) in [7, 11) is 2.06. The molecule has 1 amide bonds. The van der Waals surface area contributed by atoms with E-state index in [4.69, 9.17) is 5.73 Å². The summed E-state index contributed by atoms with van der Waals surface area (Å²) >= 11 is 0. The van der Waals surface area contributed by atoms with Crippen molar-refractivity contribution in [2.75, 3.05) is 39.0 Å². The van der Waals surface area contributed by atoms with Gasteiger partial charge in [-0.2, -0.15) is 0 Å². The zero-order valence-corrected chi connectivity index (χ0v) is 18.3. The second kappa shape index (κ2) is 8.32. The number of carbonyl (C=O) groups is 1. The van der Waals surface area contributed by atoms with Gasteiger partial charge >= 0.3 is 0 Å². The Hall–Kier alpha value is -3.72. The van der Waals surface area contributed by atoms with Gasteiger partial charge < -0.3 is 25.5 Å². The molecule has 0 aliphatic carbocycles. The van der Waals surface area contributed by atoms with Crippen LogP contribution in [0.2, 0.25) is 0 Å².